The minimum Gasteiger partial charge on any atom is -0.342 e. The van der Waals surface area contributed by atoms with Crippen LogP contribution < -0.4 is 0 Å². The lowest BCUT2D eigenvalue weighted by atomic mass is 10.0. The lowest BCUT2D eigenvalue weighted by molar-refractivity contribution is -0.132. The van der Waals surface area contributed by atoms with E-state index in [-0.39, 0.29) is 0 Å². The van der Waals surface area contributed by atoms with Crippen LogP contribution in [0.25, 0.3) is 0 Å². The second kappa shape index (κ2) is 4.21. The van der Waals surface area contributed by atoms with Gasteiger partial charge < -0.3 is 4.90 Å². The smallest absolute Gasteiger partial charge is 0.226 e. The van der Waals surface area contributed by atoms with E-state index in [4.69, 9.17) is 11.6 Å². The molecule has 0 bridgehead atoms. The summed E-state index contributed by atoms with van der Waals surface area (Å²) in [6.45, 7) is 1.87. The number of carbonyl (C=O) groups excluding carboxylic acids is 1. The van der Waals surface area contributed by atoms with Gasteiger partial charge in [0.15, 0.2) is 0 Å². The van der Waals surface area contributed by atoms with E-state index in [0.717, 1.165) is 31.3 Å². The van der Waals surface area contributed by atoms with Crippen LogP contribution in [0.2, 0.25) is 0 Å². The van der Waals surface area contributed by atoms with E-state index in [0.29, 0.717) is 23.6 Å². The first-order chi connectivity index (χ1) is 7.81. The number of fused-ring (bicyclic) bond motifs is 1. The van der Waals surface area contributed by atoms with Crippen molar-refractivity contribution in [1.29, 1.82) is 0 Å². The van der Waals surface area contributed by atoms with Crippen LogP contribution in [0, 0.1) is 23.7 Å². The van der Waals surface area contributed by atoms with Crippen LogP contribution in [0.5, 0.6) is 0 Å². The monoisotopic (exact) mass is 241 g/mol. The van der Waals surface area contributed by atoms with Gasteiger partial charge in [0.05, 0.1) is 0 Å². The van der Waals surface area contributed by atoms with Crippen molar-refractivity contribution in [2.24, 2.45) is 23.7 Å². The molecule has 3 unspecified atom stereocenters. The van der Waals surface area contributed by atoms with Gasteiger partial charge in [-0.3, -0.25) is 4.79 Å². The molecule has 1 amide bonds. The van der Waals surface area contributed by atoms with Gasteiger partial charge >= 0.3 is 0 Å². The van der Waals surface area contributed by atoms with E-state index in [9.17, 15) is 4.79 Å². The Kier molecular flexibility index (Phi) is 2.87. The summed E-state index contributed by atoms with van der Waals surface area (Å²) in [6.07, 6.45) is 6.39. The standard InChI is InChI=1S/C13H20ClNO/c14-7-9-5-6-15(8-9)13(16)12-10-3-1-2-4-11(10)12/h9-12H,1-8H2. The van der Waals surface area contributed by atoms with E-state index in [1.54, 1.807) is 0 Å². The Hall–Kier alpha value is -0.240. The fraction of sp³-hybridized carbons (Fsp3) is 0.923. The summed E-state index contributed by atoms with van der Waals surface area (Å²) in [5, 5.41) is 0. The molecule has 0 aromatic heterocycles. The molecule has 16 heavy (non-hydrogen) atoms. The van der Waals surface area contributed by atoms with Crippen molar-refractivity contribution in [3.63, 3.8) is 0 Å². The van der Waals surface area contributed by atoms with Gasteiger partial charge in [0.1, 0.15) is 0 Å². The first kappa shape index (κ1) is 10.9. The Labute approximate surface area is 102 Å². The molecule has 90 valence electrons. The maximum absolute atomic E-state index is 12.3. The van der Waals surface area contributed by atoms with Crippen molar-refractivity contribution in [3.8, 4) is 0 Å². The van der Waals surface area contributed by atoms with Crippen LogP contribution >= 0.6 is 11.6 Å². The quantitative estimate of drug-likeness (QED) is 0.681. The second-order valence-electron chi connectivity index (χ2n) is 5.73. The number of hydrogen-bond acceptors (Lipinski definition) is 1. The average molecular weight is 242 g/mol. The van der Waals surface area contributed by atoms with Crippen LogP contribution in [0.4, 0.5) is 0 Å². The van der Waals surface area contributed by atoms with Gasteiger partial charge in [0, 0.05) is 24.9 Å². The van der Waals surface area contributed by atoms with Crippen LogP contribution in [-0.2, 0) is 4.79 Å². The zero-order valence-electron chi connectivity index (χ0n) is 9.70. The van der Waals surface area contributed by atoms with Gasteiger partial charge in [-0.05, 0) is 37.0 Å². The summed E-state index contributed by atoms with van der Waals surface area (Å²) in [7, 11) is 0. The number of amides is 1. The molecule has 0 N–H and O–H groups in total. The van der Waals surface area contributed by atoms with Crippen molar-refractivity contribution >= 4 is 17.5 Å². The number of hydrogen-bond donors (Lipinski definition) is 0. The van der Waals surface area contributed by atoms with E-state index >= 15 is 0 Å². The molecular formula is C13H20ClNO. The molecule has 3 heteroatoms. The lowest BCUT2D eigenvalue weighted by Crippen LogP contribution is -2.31. The third-order valence-corrected chi connectivity index (χ3v) is 5.19. The first-order valence-corrected chi connectivity index (χ1v) is 7.19. The normalized spacial score (nSPS) is 41.9. The molecule has 3 aliphatic rings. The summed E-state index contributed by atoms with van der Waals surface area (Å²) >= 11 is 5.86. The molecule has 3 fully saturated rings. The van der Waals surface area contributed by atoms with Gasteiger partial charge in [0.2, 0.25) is 5.91 Å². The third kappa shape index (κ3) is 1.75. The van der Waals surface area contributed by atoms with Gasteiger partial charge in [-0.25, -0.2) is 0 Å². The zero-order chi connectivity index (χ0) is 11.1. The second-order valence-corrected chi connectivity index (χ2v) is 6.04. The first-order valence-electron chi connectivity index (χ1n) is 6.66. The number of likely N-dealkylation sites (tertiary alicyclic amines) is 1. The number of carbonyl (C=O) groups is 1. The van der Waals surface area contributed by atoms with Crippen molar-refractivity contribution in [2.45, 2.75) is 32.1 Å². The lowest BCUT2D eigenvalue weighted by Gasteiger charge is -2.16. The van der Waals surface area contributed by atoms with E-state index < -0.39 is 0 Å². The topological polar surface area (TPSA) is 20.3 Å². The molecule has 0 radical (unpaired) electrons. The Balaban J connectivity index is 1.58. The van der Waals surface area contributed by atoms with Gasteiger partial charge in [-0.2, -0.15) is 0 Å². The van der Waals surface area contributed by atoms with Crippen LogP contribution in [0.3, 0.4) is 0 Å². The highest BCUT2D eigenvalue weighted by atomic mass is 35.5. The summed E-state index contributed by atoms with van der Waals surface area (Å²) < 4.78 is 0. The molecule has 0 aromatic rings. The van der Waals surface area contributed by atoms with Gasteiger partial charge in [-0.1, -0.05) is 12.8 Å². The molecule has 2 nitrogen and oxygen atoms in total. The van der Waals surface area contributed by atoms with Gasteiger partial charge in [-0.15, -0.1) is 11.6 Å². The summed E-state index contributed by atoms with van der Waals surface area (Å²) in [5.41, 5.74) is 0. The highest BCUT2D eigenvalue weighted by Gasteiger charge is 2.56. The molecular weight excluding hydrogens is 222 g/mol. The van der Waals surface area contributed by atoms with Crippen molar-refractivity contribution in [3.05, 3.63) is 0 Å². The number of nitrogens with zero attached hydrogens (tertiary/aromatic N) is 1. The number of alkyl halides is 1. The average Bonchev–Trinajstić information content (AvgIpc) is 2.84. The fourth-order valence-corrected chi connectivity index (χ4v) is 3.98. The summed E-state index contributed by atoms with van der Waals surface area (Å²) in [6, 6.07) is 0. The summed E-state index contributed by atoms with van der Waals surface area (Å²) in [4.78, 5) is 14.4. The Morgan fingerprint density at radius 3 is 2.44 bits per heavy atom. The molecule has 2 saturated carbocycles. The molecule has 0 aromatic carbocycles. The third-order valence-electron chi connectivity index (χ3n) is 4.76. The Morgan fingerprint density at radius 2 is 1.88 bits per heavy atom. The maximum atomic E-state index is 12.3. The SMILES string of the molecule is O=C(C1C2CCCCC21)N1CCC(CCl)C1. The van der Waals surface area contributed by atoms with E-state index in [1.165, 1.54) is 25.7 Å². The minimum absolute atomic E-state index is 0.400. The van der Waals surface area contributed by atoms with Crippen LogP contribution in [0.15, 0.2) is 0 Å². The molecule has 1 aliphatic heterocycles. The molecule has 0 spiro atoms. The number of halogens is 1. The largest absolute Gasteiger partial charge is 0.342 e. The highest BCUT2D eigenvalue weighted by molar-refractivity contribution is 6.18. The number of rotatable bonds is 2. The van der Waals surface area contributed by atoms with E-state index in [2.05, 4.69) is 4.90 Å². The van der Waals surface area contributed by atoms with Crippen LogP contribution in [-0.4, -0.2) is 29.8 Å². The Bertz CT molecular complexity index is 282. The molecule has 1 saturated heterocycles. The maximum Gasteiger partial charge on any atom is 0.226 e. The van der Waals surface area contributed by atoms with Crippen molar-refractivity contribution in [1.82, 2.24) is 4.90 Å². The molecule has 3 rings (SSSR count). The summed E-state index contributed by atoms with van der Waals surface area (Å²) in [5.74, 6) is 3.60. The molecule has 1 heterocycles. The zero-order valence-corrected chi connectivity index (χ0v) is 10.5. The van der Waals surface area contributed by atoms with E-state index in [1.807, 2.05) is 0 Å². The van der Waals surface area contributed by atoms with Crippen molar-refractivity contribution < 1.29 is 4.79 Å². The molecule has 2 aliphatic carbocycles. The fourth-order valence-electron chi connectivity index (χ4n) is 3.73. The van der Waals surface area contributed by atoms with Gasteiger partial charge in [0.25, 0.3) is 0 Å². The van der Waals surface area contributed by atoms with Crippen molar-refractivity contribution in [2.75, 3.05) is 19.0 Å². The van der Waals surface area contributed by atoms with Crippen LogP contribution in [0.1, 0.15) is 32.1 Å². The minimum atomic E-state index is 0.400. The predicted octanol–water partition coefficient (Wildman–Crippen LogP) is 2.51. The molecule has 3 atom stereocenters. The predicted molar refractivity (Wildman–Crippen MR) is 64.3 cm³/mol. The highest BCUT2D eigenvalue weighted by Crippen LogP contribution is 2.56. The Morgan fingerprint density at radius 1 is 1.19 bits per heavy atom.